The molecule has 134 valence electrons. The van der Waals surface area contributed by atoms with Crippen molar-refractivity contribution in [3.8, 4) is 0 Å². The first-order valence-electron chi connectivity index (χ1n) is 9.75. The van der Waals surface area contributed by atoms with Crippen molar-refractivity contribution >= 4 is 12.3 Å². The highest BCUT2D eigenvalue weighted by Crippen LogP contribution is 2.12. The summed E-state index contributed by atoms with van der Waals surface area (Å²) in [6, 6.07) is 0. The molecule has 0 aromatic heterocycles. The summed E-state index contributed by atoms with van der Waals surface area (Å²) < 4.78 is 0. The van der Waals surface area contributed by atoms with Crippen LogP contribution < -0.4 is 0 Å². The van der Waals surface area contributed by atoms with E-state index in [-0.39, 0.29) is 5.91 Å². The van der Waals surface area contributed by atoms with Crippen molar-refractivity contribution in [3.63, 3.8) is 0 Å². The molecule has 1 aliphatic heterocycles. The van der Waals surface area contributed by atoms with E-state index < -0.39 is 0 Å². The molecule has 0 atom stereocenters. The van der Waals surface area contributed by atoms with Crippen molar-refractivity contribution in [1.82, 2.24) is 9.80 Å². The SMILES string of the molecule is CCCCCCCCCCCCCC(=O)N1CCN(C=O)CC1. The van der Waals surface area contributed by atoms with Crippen molar-refractivity contribution in [2.24, 2.45) is 0 Å². The molecule has 1 aliphatic rings. The molecule has 1 saturated heterocycles. The number of piperazine rings is 1. The Morgan fingerprint density at radius 1 is 0.783 bits per heavy atom. The van der Waals surface area contributed by atoms with E-state index in [4.69, 9.17) is 0 Å². The van der Waals surface area contributed by atoms with E-state index in [9.17, 15) is 9.59 Å². The molecule has 0 saturated carbocycles. The van der Waals surface area contributed by atoms with Gasteiger partial charge in [0.15, 0.2) is 0 Å². The summed E-state index contributed by atoms with van der Waals surface area (Å²) in [6.07, 6.45) is 16.0. The molecule has 1 fully saturated rings. The monoisotopic (exact) mass is 324 g/mol. The number of amides is 2. The van der Waals surface area contributed by atoms with Crippen molar-refractivity contribution in [2.75, 3.05) is 26.2 Å². The maximum atomic E-state index is 12.1. The van der Waals surface area contributed by atoms with E-state index in [0.29, 0.717) is 32.6 Å². The number of unbranched alkanes of at least 4 members (excludes halogenated alkanes) is 10. The minimum Gasteiger partial charge on any atom is -0.342 e. The molecule has 0 radical (unpaired) electrons. The first-order chi connectivity index (χ1) is 11.3. The van der Waals surface area contributed by atoms with Gasteiger partial charge in [0.05, 0.1) is 0 Å². The highest BCUT2D eigenvalue weighted by molar-refractivity contribution is 5.76. The third kappa shape index (κ3) is 9.62. The Bertz CT molecular complexity index is 312. The zero-order chi connectivity index (χ0) is 16.8. The second-order valence-corrected chi connectivity index (χ2v) is 6.81. The fourth-order valence-corrected chi connectivity index (χ4v) is 3.18. The first-order valence-corrected chi connectivity index (χ1v) is 9.75. The van der Waals surface area contributed by atoms with E-state index in [1.165, 1.54) is 64.2 Å². The molecule has 0 aromatic rings. The van der Waals surface area contributed by atoms with Crippen molar-refractivity contribution in [1.29, 1.82) is 0 Å². The van der Waals surface area contributed by atoms with Gasteiger partial charge in [-0.3, -0.25) is 9.59 Å². The molecule has 0 unspecified atom stereocenters. The highest BCUT2D eigenvalue weighted by Gasteiger charge is 2.19. The number of rotatable bonds is 13. The number of carbonyl (C=O) groups excluding carboxylic acids is 2. The fraction of sp³-hybridized carbons (Fsp3) is 0.895. The van der Waals surface area contributed by atoms with Crippen LogP contribution in [-0.2, 0) is 9.59 Å². The van der Waals surface area contributed by atoms with Gasteiger partial charge < -0.3 is 9.80 Å². The van der Waals surface area contributed by atoms with Gasteiger partial charge in [-0.1, -0.05) is 71.1 Å². The average molecular weight is 325 g/mol. The molecule has 4 nitrogen and oxygen atoms in total. The van der Waals surface area contributed by atoms with Crippen LogP contribution in [0, 0.1) is 0 Å². The molecule has 1 rings (SSSR count). The Balaban J connectivity index is 1.87. The van der Waals surface area contributed by atoms with Crippen LogP contribution in [0.2, 0.25) is 0 Å². The van der Waals surface area contributed by atoms with Crippen LogP contribution in [0.15, 0.2) is 0 Å². The molecule has 0 N–H and O–H groups in total. The molecule has 0 bridgehead atoms. The lowest BCUT2D eigenvalue weighted by molar-refractivity contribution is -0.135. The van der Waals surface area contributed by atoms with E-state index in [1.807, 2.05) is 4.90 Å². The van der Waals surface area contributed by atoms with Crippen LogP contribution >= 0.6 is 0 Å². The summed E-state index contributed by atoms with van der Waals surface area (Å²) in [4.78, 5) is 26.4. The molecular formula is C19H36N2O2. The predicted octanol–water partition coefficient (Wildman–Crippen LogP) is 3.99. The van der Waals surface area contributed by atoms with Gasteiger partial charge in [-0.05, 0) is 6.42 Å². The normalized spacial score (nSPS) is 15.0. The van der Waals surface area contributed by atoms with E-state index in [2.05, 4.69) is 6.92 Å². The minimum absolute atomic E-state index is 0.270. The van der Waals surface area contributed by atoms with Crippen LogP contribution in [0.25, 0.3) is 0 Å². The lowest BCUT2D eigenvalue weighted by Crippen LogP contribution is -2.48. The standard InChI is InChI=1S/C19H36N2O2/c1-2-3-4-5-6-7-8-9-10-11-12-13-19(23)21-16-14-20(18-22)15-17-21/h18H,2-17H2,1H3. The lowest BCUT2D eigenvalue weighted by Gasteiger charge is -2.32. The van der Waals surface area contributed by atoms with Crippen molar-refractivity contribution < 1.29 is 9.59 Å². The Hall–Kier alpha value is -1.06. The second-order valence-electron chi connectivity index (χ2n) is 6.81. The third-order valence-electron chi connectivity index (χ3n) is 4.81. The topological polar surface area (TPSA) is 40.6 Å². The fourth-order valence-electron chi connectivity index (χ4n) is 3.18. The van der Waals surface area contributed by atoms with Crippen LogP contribution in [0.4, 0.5) is 0 Å². The summed E-state index contributed by atoms with van der Waals surface area (Å²) in [7, 11) is 0. The van der Waals surface area contributed by atoms with Gasteiger partial charge in [-0.15, -0.1) is 0 Å². The number of hydrogen-bond acceptors (Lipinski definition) is 2. The minimum atomic E-state index is 0.270. The van der Waals surface area contributed by atoms with Crippen LogP contribution in [0.1, 0.15) is 84.0 Å². The zero-order valence-corrected chi connectivity index (χ0v) is 15.1. The smallest absolute Gasteiger partial charge is 0.222 e. The van der Waals surface area contributed by atoms with Gasteiger partial charge in [0.25, 0.3) is 0 Å². The van der Waals surface area contributed by atoms with Crippen molar-refractivity contribution in [3.05, 3.63) is 0 Å². The zero-order valence-electron chi connectivity index (χ0n) is 15.1. The van der Waals surface area contributed by atoms with Gasteiger partial charge in [0.2, 0.25) is 12.3 Å². The summed E-state index contributed by atoms with van der Waals surface area (Å²) in [5.41, 5.74) is 0. The maximum Gasteiger partial charge on any atom is 0.222 e. The Morgan fingerprint density at radius 2 is 1.26 bits per heavy atom. The second kappa shape index (κ2) is 13.4. The molecule has 23 heavy (non-hydrogen) atoms. The number of hydrogen-bond donors (Lipinski definition) is 0. The number of carbonyl (C=O) groups is 2. The summed E-state index contributed by atoms with van der Waals surface area (Å²) >= 11 is 0. The Morgan fingerprint density at radius 3 is 1.74 bits per heavy atom. The molecule has 1 heterocycles. The highest BCUT2D eigenvalue weighted by atomic mass is 16.2. The quantitative estimate of drug-likeness (QED) is 0.380. The molecule has 4 heteroatoms. The summed E-state index contributed by atoms with van der Waals surface area (Å²) in [5, 5.41) is 0. The Kier molecular flexibility index (Phi) is 11.6. The van der Waals surface area contributed by atoms with Crippen LogP contribution in [0.3, 0.4) is 0 Å². The summed E-state index contributed by atoms with van der Waals surface area (Å²) in [6.45, 7) is 5.04. The van der Waals surface area contributed by atoms with E-state index in [1.54, 1.807) is 4.90 Å². The predicted molar refractivity (Wildman–Crippen MR) is 95.3 cm³/mol. The molecule has 0 aromatic carbocycles. The third-order valence-corrected chi connectivity index (χ3v) is 4.81. The largest absolute Gasteiger partial charge is 0.342 e. The van der Waals surface area contributed by atoms with Gasteiger partial charge in [0.1, 0.15) is 0 Å². The summed E-state index contributed by atoms with van der Waals surface area (Å²) in [5.74, 6) is 0.270. The van der Waals surface area contributed by atoms with Gasteiger partial charge in [0, 0.05) is 32.6 Å². The average Bonchev–Trinajstić information content (AvgIpc) is 2.59. The molecular weight excluding hydrogens is 288 g/mol. The van der Waals surface area contributed by atoms with E-state index in [0.717, 1.165) is 12.8 Å². The first kappa shape index (κ1) is 20.0. The maximum absolute atomic E-state index is 12.1. The van der Waals surface area contributed by atoms with Crippen LogP contribution in [-0.4, -0.2) is 48.3 Å². The molecule has 0 spiro atoms. The van der Waals surface area contributed by atoms with E-state index >= 15 is 0 Å². The van der Waals surface area contributed by atoms with Gasteiger partial charge in [-0.25, -0.2) is 0 Å². The van der Waals surface area contributed by atoms with Crippen LogP contribution in [0.5, 0.6) is 0 Å². The Labute approximate surface area is 142 Å². The van der Waals surface area contributed by atoms with Gasteiger partial charge >= 0.3 is 0 Å². The molecule has 0 aliphatic carbocycles. The molecule has 2 amide bonds. The lowest BCUT2D eigenvalue weighted by atomic mass is 10.1. The van der Waals surface area contributed by atoms with Crippen molar-refractivity contribution in [2.45, 2.75) is 84.0 Å². The van der Waals surface area contributed by atoms with Gasteiger partial charge in [-0.2, -0.15) is 0 Å². The number of nitrogens with zero attached hydrogens (tertiary/aromatic N) is 2.